The number of nitrogens with zero attached hydrogens (tertiary/aromatic N) is 2. The van der Waals surface area contributed by atoms with Gasteiger partial charge in [0.2, 0.25) is 15.9 Å². The third-order valence-corrected chi connectivity index (χ3v) is 10.3. The molecular weight excluding hydrogens is 522 g/mol. The number of hydrogen-bond acceptors (Lipinski definition) is 8. The molecule has 4 heterocycles. The van der Waals surface area contributed by atoms with Crippen LogP contribution in [-0.2, 0) is 24.3 Å². The molecule has 0 aliphatic carbocycles. The van der Waals surface area contributed by atoms with Crippen LogP contribution in [0.5, 0.6) is 0 Å². The minimum absolute atomic E-state index is 0.0214. The predicted octanol–water partition coefficient (Wildman–Crippen LogP) is 2.52. The van der Waals surface area contributed by atoms with Crippen molar-refractivity contribution in [2.24, 2.45) is 17.8 Å². The summed E-state index contributed by atoms with van der Waals surface area (Å²) in [6.45, 7) is 7.40. The van der Waals surface area contributed by atoms with Gasteiger partial charge in [-0.15, -0.1) is 0 Å². The van der Waals surface area contributed by atoms with E-state index in [1.54, 1.807) is 13.8 Å². The van der Waals surface area contributed by atoms with Crippen molar-refractivity contribution in [2.45, 2.75) is 37.6 Å². The predicted molar refractivity (Wildman–Crippen MR) is 143 cm³/mol. The first kappa shape index (κ1) is 27.8. The van der Waals surface area contributed by atoms with Gasteiger partial charge in [-0.2, -0.15) is 4.31 Å². The second kappa shape index (κ2) is 11.4. The van der Waals surface area contributed by atoms with Gasteiger partial charge in [0.1, 0.15) is 22.0 Å². The molecule has 3 saturated heterocycles. The highest BCUT2D eigenvalue weighted by atomic mass is 32.2. The van der Waals surface area contributed by atoms with Crippen molar-refractivity contribution in [3.05, 3.63) is 53.0 Å². The van der Waals surface area contributed by atoms with E-state index in [0.29, 0.717) is 26.3 Å². The molecule has 1 aromatic carbocycles. The van der Waals surface area contributed by atoms with Crippen LogP contribution in [0.4, 0.5) is 0 Å². The molecule has 4 unspecified atom stereocenters. The molecule has 212 valence electrons. The zero-order chi connectivity index (χ0) is 27.7. The maximum atomic E-state index is 13.6. The number of fused-ring (bicyclic) bond motifs is 1. The average Bonchev–Trinajstić information content (AvgIpc) is 3.70. The number of ether oxygens (including phenoxy) is 2. The number of aryl methyl sites for hydroxylation is 2. The number of benzene rings is 1. The van der Waals surface area contributed by atoms with Crippen molar-refractivity contribution in [3.8, 4) is 0 Å². The fraction of sp³-hybridized carbons (Fsp3) is 0.571. The van der Waals surface area contributed by atoms with E-state index in [1.165, 1.54) is 11.4 Å². The number of sulfonamides is 1. The first-order valence-electron chi connectivity index (χ1n) is 13.5. The first-order chi connectivity index (χ1) is 18.7. The molecule has 0 saturated carbocycles. The maximum absolute atomic E-state index is 13.6. The number of methoxy groups -OCH3 is 1. The lowest BCUT2D eigenvalue weighted by Gasteiger charge is -2.25. The van der Waals surface area contributed by atoms with Gasteiger partial charge in [-0.1, -0.05) is 30.3 Å². The van der Waals surface area contributed by atoms with Crippen LogP contribution in [0.15, 0.2) is 39.6 Å². The number of esters is 1. The van der Waals surface area contributed by atoms with Crippen LogP contribution in [0, 0.1) is 31.6 Å². The largest absolute Gasteiger partial charge is 0.465 e. The minimum Gasteiger partial charge on any atom is -0.465 e. The number of hydrogen-bond donors (Lipinski definition) is 1. The Morgan fingerprint density at radius 2 is 1.77 bits per heavy atom. The summed E-state index contributed by atoms with van der Waals surface area (Å²) in [5, 5.41) is 3.24. The van der Waals surface area contributed by atoms with Crippen molar-refractivity contribution in [3.63, 3.8) is 0 Å². The van der Waals surface area contributed by atoms with Gasteiger partial charge in [-0.3, -0.25) is 4.79 Å². The molecule has 0 spiro atoms. The van der Waals surface area contributed by atoms with Crippen molar-refractivity contribution in [2.75, 3.05) is 53.0 Å². The topological polar surface area (TPSA) is 118 Å². The summed E-state index contributed by atoms with van der Waals surface area (Å²) in [6, 6.07) is 9.92. The van der Waals surface area contributed by atoms with Crippen molar-refractivity contribution >= 4 is 21.9 Å². The summed E-state index contributed by atoms with van der Waals surface area (Å²) >= 11 is 0. The molecule has 3 fully saturated rings. The van der Waals surface area contributed by atoms with Crippen LogP contribution in [-0.4, -0.2) is 82.5 Å². The molecule has 1 N–H and O–H groups in total. The SMILES string of the molecule is COC(=O)c1c(C)oc(C)c1S(=O)(=O)N1CC2CN(CCC(NC(=O)C3CCOC3)c3ccccc3)CC2C1. The zero-order valence-electron chi connectivity index (χ0n) is 22.7. The van der Waals surface area contributed by atoms with Gasteiger partial charge in [0.25, 0.3) is 0 Å². The summed E-state index contributed by atoms with van der Waals surface area (Å²) in [7, 11) is -2.69. The van der Waals surface area contributed by atoms with Gasteiger partial charge < -0.3 is 24.1 Å². The smallest absolute Gasteiger partial charge is 0.342 e. The second-order valence-corrected chi connectivity index (χ2v) is 12.7. The highest BCUT2D eigenvalue weighted by Gasteiger charge is 2.46. The summed E-state index contributed by atoms with van der Waals surface area (Å²) in [6.07, 6.45) is 1.52. The summed E-state index contributed by atoms with van der Waals surface area (Å²) in [5.41, 5.74) is 1.06. The Morgan fingerprint density at radius 3 is 2.38 bits per heavy atom. The van der Waals surface area contributed by atoms with E-state index in [-0.39, 0.29) is 51.7 Å². The van der Waals surface area contributed by atoms with Crippen LogP contribution < -0.4 is 5.32 Å². The standard InChI is InChI=1S/C28H37N3O7S/c1-18-25(28(33)36-3)26(19(2)38-18)39(34,35)31-15-22-13-30(14-23(22)16-31)11-9-24(20-7-5-4-6-8-20)29-27(32)21-10-12-37-17-21/h4-8,21-24H,9-17H2,1-3H3,(H,29,32). The molecule has 1 amide bonds. The van der Waals surface area contributed by atoms with Gasteiger partial charge in [0.15, 0.2) is 0 Å². The van der Waals surface area contributed by atoms with E-state index in [0.717, 1.165) is 38.0 Å². The molecule has 5 rings (SSSR count). The van der Waals surface area contributed by atoms with E-state index < -0.39 is 16.0 Å². The molecule has 39 heavy (non-hydrogen) atoms. The van der Waals surface area contributed by atoms with E-state index in [9.17, 15) is 18.0 Å². The Balaban J connectivity index is 1.22. The third-order valence-electron chi connectivity index (χ3n) is 8.27. The molecule has 11 heteroatoms. The second-order valence-electron chi connectivity index (χ2n) is 10.8. The van der Waals surface area contributed by atoms with Gasteiger partial charge >= 0.3 is 5.97 Å². The van der Waals surface area contributed by atoms with E-state index in [2.05, 4.69) is 10.2 Å². The number of carbonyl (C=O) groups is 2. The lowest BCUT2D eigenvalue weighted by atomic mass is 10.0. The molecule has 4 atom stereocenters. The number of furan rings is 1. The number of rotatable bonds is 9. The number of likely N-dealkylation sites (tertiary alicyclic amines) is 1. The van der Waals surface area contributed by atoms with E-state index >= 15 is 0 Å². The van der Waals surface area contributed by atoms with Crippen LogP contribution in [0.3, 0.4) is 0 Å². The summed E-state index contributed by atoms with van der Waals surface area (Å²) in [5.74, 6) is 0.0714. The van der Waals surface area contributed by atoms with Crippen LogP contribution in [0.25, 0.3) is 0 Å². The van der Waals surface area contributed by atoms with Gasteiger partial charge in [0.05, 0.1) is 25.7 Å². The van der Waals surface area contributed by atoms with Gasteiger partial charge in [0, 0.05) is 39.3 Å². The Labute approximate surface area is 229 Å². The Morgan fingerprint density at radius 1 is 1.08 bits per heavy atom. The Bertz CT molecular complexity index is 1290. The fourth-order valence-electron chi connectivity index (χ4n) is 6.22. The maximum Gasteiger partial charge on any atom is 0.342 e. The quantitative estimate of drug-likeness (QED) is 0.466. The lowest BCUT2D eigenvalue weighted by molar-refractivity contribution is -0.125. The van der Waals surface area contributed by atoms with E-state index in [1.807, 2.05) is 30.3 Å². The molecule has 3 aliphatic heterocycles. The number of amides is 1. The molecule has 0 bridgehead atoms. The number of nitrogens with one attached hydrogen (secondary N) is 1. The highest BCUT2D eigenvalue weighted by molar-refractivity contribution is 7.89. The molecule has 10 nitrogen and oxygen atoms in total. The van der Waals surface area contributed by atoms with Gasteiger partial charge in [-0.25, -0.2) is 13.2 Å². The normalized spacial score (nSPS) is 24.5. The van der Waals surface area contributed by atoms with E-state index in [4.69, 9.17) is 13.9 Å². The lowest BCUT2D eigenvalue weighted by Crippen LogP contribution is -2.37. The van der Waals surface area contributed by atoms with Crippen LogP contribution >= 0.6 is 0 Å². The minimum atomic E-state index is -3.91. The monoisotopic (exact) mass is 559 g/mol. The summed E-state index contributed by atoms with van der Waals surface area (Å²) < 4.78 is 44.4. The Kier molecular flexibility index (Phi) is 8.14. The molecular formula is C28H37N3O7S. The van der Waals surface area contributed by atoms with Crippen molar-refractivity contribution < 1.29 is 31.9 Å². The van der Waals surface area contributed by atoms with Crippen LogP contribution in [0.1, 0.15) is 46.3 Å². The van der Waals surface area contributed by atoms with Crippen molar-refractivity contribution in [1.82, 2.24) is 14.5 Å². The first-order valence-corrected chi connectivity index (χ1v) is 15.0. The molecule has 2 aromatic rings. The number of carbonyl (C=O) groups excluding carboxylic acids is 2. The molecule has 3 aliphatic rings. The molecule has 1 aromatic heterocycles. The molecule has 0 radical (unpaired) electrons. The van der Waals surface area contributed by atoms with Crippen molar-refractivity contribution in [1.29, 1.82) is 0 Å². The summed E-state index contributed by atoms with van der Waals surface area (Å²) in [4.78, 5) is 27.5. The average molecular weight is 560 g/mol. The fourth-order valence-corrected chi connectivity index (χ4v) is 8.14. The van der Waals surface area contributed by atoms with Gasteiger partial charge in [-0.05, 0) is 44.1 Å². The van der Waals surface area contributed by atoms with Crippen LogP contribution in [0.2, 0.25) is 0 Å². The Hall–Kier alpha value is -2.73. The zero-order valence-corrected chi connectivity index (χ0v) is 23.5. The highest BCUT2D eigenvalue weighted by Crippen LogP contribution is 2.37. The third kappa shape index (κ3) is 5.63.